The van der Waals surface area contributed by atoms with Gasteiger partial charge in [-0.15, -0.1) is 0 Å². The highest BCUT2D eigenvalue weighted by Gasteiger charge is 2.22. The van der Waals surface area contributed by atoms with Gasteiger partial charge in [-0.25, -0.2) is 4.79 Å². The van der Waals surface area contributed by atoms with Crippen molar-refractivity contribution in [3.8, 4) is 0 Å². The zero-order valence-electron chi connectivity index (χ0n) is 14.2. The van der Waals surface area contributed by atoms with E-state index in [1.165, 1.54) is 18.4 Å². The van der Waals surface area contributed by atoms with Crippen LogP contribution in [0.1, 0.15) is 45.1 Å². The zero-order valence-corrected chi connectivity index (χ0v) is 14.2. The third-order valence-electron chi connectivity index (χ3n) is 3.94. The van der Waals surface area contributed by atoms with Crippen LogP contribution in [0.5, 0.6) is 0 Å². The Kier molecular flexibility index (Phi) is 6.22. The SMILES string of the molecule is CC(C)(O)CN(Cc1ccccc1)C(=O)NCCC1=CCCC1. The third-order valence-corrected chi connectivity index (χ3v) is 3.94. The van der Waals surface area contributed by atoms with E-state index in [4.69, 9.17) is 0 Å². The smallest absolute Gasteiger partial charge is 0.317 e. The highest BCUT2D eigenvalue weighted by molar-refractivity contribution is 5.74. The van der Waals surface area contributed by atoms with E-state index in [9.17, 15) is 9.90 Å². The summed E-state index contributed by atoms with van der Waals surface area (Å²) in [4.78, 5) is 14.2. The summed E-state index contributed by atoms with van der Waals surface area (Å²) in [5, 5.41) is 13.1. The molecule has 0 atom stereocenters. The quantitative estimate of drug-likeness (QED) is 0.757. The van der Waals surface area contributed by atoms with Gasteiger partial charge in [0, 0.05) is 13.1 Å². The molecule has 0 aromatic heterocycles. The molecule has 1 aliphatic carbocycles. The first-order valence-corrected chi connectivity index (χ1v) is 8.41. The van der Waals surface area contributed by atoms with Gasteiger partial charge in [0.05, 0.1) is 12.1 Å². The molecule has 1 aromatic rings. The lowest BCUT2D eigenvalue weighted by atomic mass is 10.1. The molecule has 0 saturated carbocycles. The van der Waals surface area contributed by atoms with Gasteiger partial charge in [0.2, 0.25) is 0 Å². The summed E-state index contributed by atoms with van der Waals surface area (Å²) >= 11 is 0. The Morgan fingerprint density at radius 3 is 2.65 bits per heavy atom. The van der Waals surface area contributed by atoms with Gasteiger partial charge in [-0.05, 0) is 45.1 Å². The molecule has 0 heterocycles. The van der Waals surface area contributed by atoms with Crippen LogP contribution in [-0.2, 0) is 6.54 Å². The van der Waals surface area contributed by atoms with E-state index in [0.29, 0.717) is 19.6 Å². The number of allylic oxidation sites excluding steroid dienone is 1. The summed E-state index contributed by atoms with van der Waals surface area (Å²) in [6.45, 7) is 4.90. The Bertz CT molecular complexity index is 532. The number of amides is 2. The van der Waals surface area contributed by atoms with E-state index in [-0.39, 0.29) is 6.03 Å². The number of nitrogens with one attached hydrogen (secondary N) is 1. The second-order valence-electron chi connectivity index (χ2n) is 6.89. The Labute approximate surface area is 139 Å². The Balaban J connectivity index is 1.90. The van der Waals surface area contributed by atoms with Gasteiger partial charge in [0.15, 0.2) is 0 Å². The number of carbonyl (C=O) groups is 1. The van der Waals surface area contributed by atoms with Crippen LogP contribution in [0.25, 0.3) is 0 Å². The number of benzene rings is 1. The normalized spacial score (nSPS) is 14.5. The molecule has 1 aromatic carbocycles. The summed E-state index contributed by atoms with van der Waals surface area (Å²) in [7, 11) is 0. The van der Waals surface area contributed by atoms with E-state index < -0.39 is 5.60 Å². The molecule has 126 valence electrons. The molecular weight excluding hydrogens is 288 g/mol. The van der Waals surface area contributed by atoms with Crippen LogP contribution in [0.3, 0.4) is 0 Å². The fourth-order valence-electron chi connectivity index (χ4n) is 2.88. The highest BCUT2D eigenvalue weighted by atomic mass is 16.3. The number of hydrogen-bond donors (Lipinski definition) is 2. The molecule has 1 aliphatic rings. The summed E-state index contributed by atoms with van der Waals surface area (Å²) in [6.07, 6.45) is 6.77. The molecule has 2 rings (SSSR count). The van der Waals surface area contributed by atoms with Crippen LogP contribution in [0, 0.1) is 0 Å². The number of nitrogens with zero attached hydrogens (tertiary/aromatic N) is 1. The topological polar surface area (TPSA) is 52.6 Å². The van der Waals surface area contributed by atoms with Crippen molar-refractivity contribution in [1.82, 2.24) is 10.2 Å². The number of hydrogen-bond acceptors (Lipinski definition) is 2. The maximum Gasteiger partial charge on any atom is 0.317 e. The standard InChI is InChI=1S/C19H28N2O2/c1-19(2,23)15-21(14-17-10-4-3-5-11-17)18(22)20-13-12-16-8-6-7-9-16/h3-5,8,10-11,23H,6-7,9,12-15H2,1-2H3,(H,20,22). The van der Waals surface area contributed by atoms with E-state index in [1.807, 2.05) is 30.3 Å². The van der Waals surface area contributed by atoms with Crippen LogP contribution in [-0.4, -0.2) is 34.7 Å². The molecule has 2 N–H and O–H groups in total. The fourth-order valence-corrected chi connectivity index (χ4v) is 2.88. The molecule has 23 heavy (non-hydrogen) atoms. The maximum atomic E-state index is 12.5. The Morgan fingerprint density at radius 2 is 2.04 bits per heavy atom. The highest BCUT2D eigenvalue weighted by Crippen LogP contribution is 2.19. The molecule has 4 heteroatoms. The lowest BCUT2D eigenvalue weighted by Crippen LogP contribution is -2.46. The summed E-state index contributed by atoms with van der Waals surface area (Å²) in [5.74, 6) is 0. The van der Waals surface area contributed by atoms with Crippen molar-refractivity contribution in [3.63, 3.8) is 0 Å². The van der Waals surface area contributed by atoms with Gasteiger partial charge in [0.1, 0.15) is 0 Å². The van der Waals surface area contributed by atoms with Crippen molar-refractivity contribution >= 4 is 6.03 Å². The maximum absolute atomic E-state index is 12.5. The van der Waals surface area contributed by atoms with Crippen molar-refractivity contribution in [2.24, 2.45) is 0 Å². The molecule has 2 amide bonds. The van der Waals surface area contributed by atoms with Gasteiger partial charge >= 0.3 is 6.03 Å². The van der Waals surface area contributed by atoms with Crippen LogP contribution in [0.2, 0.25) is 0 Å². The number of urea groups is 1. The first-order valence-electron chi connectivity index (χ1n) is 8.41. The molecule has 0 spiro atoms. The van der Waals surface area contributed by atoms with Crippen LogP contribution in [0.15, 0.2) is 42.0 Å². The lowest BCUT2D eigenvalue weighted by molar-refractivity contribution is 0.0447. The summed E-state index contributed by atoms with van der Waals surface area (Å²) in [6, 6.07) is 9.75. The minimum Gasteiger partial charge on any atom is -0.389 e. The lowest BCUT2D eigenvalue weighted by Gasteiger charge is -2.29. The van der Waals surface area contributed by atoms with Gasteiger partial charge in [-0.3, -0.25) is 0 Å². The van der Waals surface area contributed by atoms with E-state index in [1.54, 1.807) is 18.7 Å². The average molecular weight is 316 g/mol. The summed E-state index contributed by atoms with van der Waals surface area (Å²) in [5.41, 5.74) is 1.59. The van der Waals surface area contributed by atoms with E-state index in [0.717, 1.165) is 18.4 Å². The second kappa shape index (κ2) is 8.16. The fraction of sp³-hybridized carbons (Fsp3) is 0.526. The predicted octanol–water partition coefficient (Wildman–Crippen LogP) is 3.47. The molecule has 0 saturated heterocycles. The summed E-state index contributed by atoms with van der Waals surface area (Å²) < 4.78 is 0. The first kappa shape index (κ1) is 17.5. The van der Waals surface area contributed by atoms with Gasteiger partial charge in [0.25, 0.3) is 0 Å². The van der Waals surface area contributed by atoms with Crippen molar-refractivity contribution in [1.29, 1.82) is 0 Å². The zero-order chi connectivity index (χ0) is 16.7. The van der Waals surface area contributed by atoms with Gasteiger partial charge < -0.3 is 15.3 Å². The Morgan fingerprint density at radius 1 is 1.30 bits per heavy atom. The molecular formula is C19H28N2O2. The van der Waals surface area contributed by atoms with Crippen LogP contribution in [0.4, 0.5) is 4.79 Å². The van der Waals surface area contributed by atoms with Crippen molar-refractivity contribution < 1.29 is 9.90 Å². The van der Waals surface area contributed by atoms with Crippen molar-refractivity contribution in [2.75, 3.05) is 13.1 Å². The third kappa shape index (κ3) is 6.45. The largest absolute Gasteiger partial charge is 0.389 e. The van der Waals surface area contributed by atoms with Crippen LogP contribution < -0.4 is 5.32 Å². The number of carbonyl (C=O) groups excluding carboxylic acids is 1. The van der Waals surface area contributed by atoms with Crippen LogP contribution >= 0.6 is 0 Å². The molecule has 0 fully saturated rings. The Hall–Kier alpha value is -1.81. The minimum atomic E-state index is -0.917. The number of aliphatic hydroxyl groups is 1. The van der Waals surface area contributed by atoms with Gasteiger partial charge in [-0.1, -0.05) is 42.0 Å². The number of rotatable bonds is 7. The predicted molar refractivity (Wildman–Crippen MR) is 93.1 cm³/mol. The van der Waals surface area contributed by atoms with Crippen molar-refractivity contribution in [2.45, 2.75) is 51.7 Å². The average Bonchev–Trinajstić information content (AvgIpc) is 2.99. The second-order valence-corrected chi connectivity index (χ2v) is 6.89. The van der Waals surface area contributed by atoms with Gasteiger partial charge in [-0.2, -0.15) is 0 Å². The molecule has 0 aliphatic heterocycles. The molecule has 0 bridgehead atoms. The molecule has 4 nitrogen and oxygen atoms in total. The molecule has 0 radical (unpaired) electrons. The minimum absolute atomic E-state index is 0.116. The monoisotopic (exact) mass is 316 g/mol. The van der Waals surface area contributed by atoms with E-state index >= 15 is 0 Å². The molecule has 0 unspecified atom stereocenters. The van der Waals surface area contributed by atoms with E-state index in [2.05, 4.69) is 11.4 Å². The first-order chi connectivity index (χ1) is 10.9. The van der Waals surface area contributed by atoms with Crippen molar-refractivity contribution in [3.05, 3.63) is 47.5 Å².